The molecule has 0 amide bonds. The van der Waals surface area contributed by atoms with Crippen LogP contribution >= 0.6 is 0 Å². The number of aromatic nitrogens is 2. The standard InChI is InChI=1S/C19H27N5O2S/c1-14-7-5-9-20-19(14)22-17-11-15(2)21-18(12-17)16-8-6-10-24(13-16)27(25,26)23(3)4/h5,7,9,11-12,16H,6,8,10,13H2,1-4H3,(H,20,21,22)/t16-/m0/s1. The smallest absolute Gasteiger partial charge is 0.281 e. The summed E-state index contributed by atoms with van der Waals surface area (Å²) >= 11 is 0. The first-order chi connectivity index (χ1) is 12.8. The Labute approximate surface area is 161 Å². The lowest BCUT2D eigenvalue weighted by Gasteiger charge is -2.33. The molecule has 0 aliphatic carbocycles. The Bertz CT molecular complexity index is 914. The minimum absolute atomic E-state index is 0.0822. The molecule has 0 saturated carbocycles. The molecule has 2 aromatic heterocycles. The lowest BCUT2D eigenvalue weighted by molar-refractivity contribution is 0.296. The third kappa shape index (κ3) is 4.45. The van der Waals surface area contributed by atoms with Gasteiger partial charge in [0.15, 0.2) is 0 Å². The molecule has 0 unspecified atom stereocenters. The molecule has 2 aromatic rings. The van der Waals surface area contributed by atoms with E-state index in [0.717, 1.165) is 41.3 Å². The van der Waals surface area contributed by atoms with Crippen LogP contribution in [0.25, 0.3) is 0 Å². The van der Waals surface area contributed by atoms with Gasteiger partial charge in [0.1, 0.15) is 5.82 Å². The van der Waals surface area contributed by atoms with Gasteiger partial charge in [0.2, 0.25) is 0 Å². The molecule has 1 aliphatic rings. The van der Waals surface area contributed by atoms with Gasteiger partial charge in [0, 0.05) is 56.4 Å². The Morgan fingerprint density at radius 3 is 2.74 bits per heavy atom. The molecular weight excluding hydrogens is 362 g/mol. The van der Waals surface area contributed by atoms with Crippen LogP contribution in [0.3, 0.4) is 0 Å². The van der Waals surface area contributed by atoms with E-state index in [1.807, 2.05) is 38.1 Å². The highest BCUT2D eigenvalue weighted by Crippen LogP contribution is 2.30. The summed E-state index contributed by atoms with van der Waals surface area (Å²) < 4.78 is 27.8. The highest BCUT2D eigenvalue weighted by molar-refractivity contribution is 7.86. The molecule has 146 valence electrons. The Hall–Kier alpha value is -2.03. The first-order valence-corrected chi connectivity index (χ1v) is 10.5. The van der Waals surface area contributed by atoms with E-state index in [-0.39, 0.29) is 5.92 Å². The molecule has 3 heterocycles. The van der Waals surface area contributed by atoms with Crippen molar-refractivity contribution in [3.8, 4) is 0 Å². The Morgan fingerprint density at radius 2 is 2.04 bits per heavy atom. The van der Waals surface area contributed by atoms with Crippen LogP contribution in [0.1, 0.15) is 35.7 Å². The zero-order valence-electron chi connectivity index (χ0n) is 16.3. The SMILES string of the molecule is Cc1cc(Nc2ncccc2C)cc([C@H]2CCCN(S(=O)(=O)N(C)C)C2)n1. The summed E-state index contributed by atoms with van der Waals surface area (Å²) in [5.41, 5.74) is 3.81. The molecule has 0 radical (unpaired) electrons. The second-order valence-electron chi connectivity index (χ2n) is 7.20. The van der Waals surface area contributed by atoms with Crippen LogP contribution in [-0.4, -0.2) is 54.2 Å². The number of hydrogen-bond acceptors (Lipinski definition) is 5. The summed E-state index contributed by atoms with van der Waals surface area (Å²) in [5, 5.41) is 3.36. The Kier molecular flexibility index (Phi) is 5.78. The van der Waals surface area contributed by atoms with Crippen LogP contribution < -0.4 is 5.32 Å². The monoisotopic (exact) mass is 389 g/mol. The highest BCUT2D eigenvalue weighted by atomic mass is 32.2. The van der Waals surface area contributed by atoms with Crippen LogP contribution in [0.2, 0.25) is 0 Å². The fraction of sp³-hybridized carbons (Fsp3) is 0.474. The second-order valence-corrected chi connectivity index (χ2v) is 9.35. The van der Waals surface area contributed by atoms with E-state index < -0.39 is 10.2 Å². The van der Waals surface area contributed by atoms with Crippen molar-refractivity contribution in [3.05, 3.63) is 47.4 Å². The van der Waals surface area contributed by atoms with Crippen molar-refractivity contribution >= 4 is 21.7 Å². The third-order valence-corrected chi connectivity index (χ3v) is 6.74. The summed E-state index contributed by atoms with van der Waals surface area (Å²) in [6.07, 6.45) is 3.52. The van der Waals surface area contributed by atoms with E-state index in [9.17, 15) is 8.42 Å². The van der Waals surface area contributed by atoms with Crippen molar-refractivity contribution < 1.29 is 8.42 Å². The number of piperidine rings is 1. The van der Waals surface area contributed by atoms with Gasteiger partial charge in [-0.2, -0.15) is 17.0 Å². The predicted molar refractivity (Wildman–Crippen MR) is 107 cm³/mol. The van der Waals surface area contributed by atoms with E-state index in [1.54, 1.807) is 24.6 Å². The van der Waals surface area contributed by atoms with E-state index in [4.69, 9.17) is 0 Å². The van der Waals surface area contributed by atoms with Crippen molar-refractivity contribution in [2.24, 2.45) is 0 Å². The van der Waals surface area contributed by atoms with Gasteiger partial charge in [0.25, 0.3) is 10.2 Å². The molecule has 0 aromatic carbocycles. The number of nitrogens with one attached hydrogen (secondary N) is 1. The van der Waals surface area contributed by atoms with E-state index in [1.165, 1.54) is 4.31 Å². The van der Waals surface area contributed by atoms with Crippen LogP contribution in [0.5, 0.6) is 0 Å². The van der Waals surface area contributed by atoms with Gasteiger partial charge < -0.3 is 5.32 Å². The molecule has 27 heavy (non-hydrogen) atoms. The normalized spacial score (nSPS) is 18.6. The number of hydrogen-bond donors (Lipinski definition) is 1. The van der Waals surface area contributed by atoms with Crippen molar-refractivity contribution in [2.75, 3.05) is 32.5 Å². The average Bonchev–Trinajstić information content (AvgIpc) is 2.63. The second kappa shape index (κ2) is 7.92. The predicted octanol–water partition coefficient (Wildman–Crippen LogP) is 2.82. The van der Waals surface area contributed by atoms with Gasteiger partial charge in [-0.25, -0.2) is 4.98 Å². The largest absolute Gasteiger partial charge is 0.340 e. The quantitative estimate of drug-likeness (QED) is 0.851. The van der Waals surface area contributed by atoms with Crippen molar-refractivity contribution in [1.82, 2.24) is 18.6 Å². The summed E-state index contributed by atoms with van der Waals surface area (Å²) in [6.45, 7) is 4.98. The van der Waals surface area contributed by atoms with E-state index in [2.05, 4.69) is 15.3 Å². The molecule has 1 atom stereocenters. The molecule has 3 rings (SSSR count). The van der Waals surface area contributed by atoms with Crippen LogP contribution in [0.4, 0.5) is 11.5 Å². The van der Waals surface area contributed by atoms with Crippen molar-refractivity contribution in [3.63, 3.8) is 0 Å². The number of rotatable bonds is 5. The van der Waals surface area contributed by atoms with Crippen molar-refractivity contribution in [2.45, 2.75) is 32.6 Å². The fourth-order valence-corrected chi connectivity index (χ4v) is 4.54. The first kappa shape index (κ1) is 19.7. The molecule has 7 nitrogen and oxygen atoms in total. The summed E-state index contributed by atoms with van der Waals surface area (Å²) in [4.78, 5) is 9.07. The number of pyridine rings is 2. The lowest BCUT2D eigenvalue weighted by atomic mass is 9.95. The molecule has 0 bridgehead atoms. The summed E-state index contributed by atoms with van der Waals surface area (Å²) in [5.74, 6) is 0.897. The molecule has 1 aliphatic heterocycles. The van der Waals surface area contributed by atoms with Gasteiger partial charge in [-0.1, -0.05) is 6.07 Å². The zero-order valence-corrected chi connectivity index (χ0v) is 17.1. The average molecular weight is 390 g/mol. The minimum atomic E-state index is -3.40. The molecule has 0 spiro atoms. The van der Waals surface area contributed by atoms with Gasteiger partial charge in [0.05, 0.1) is 0 Å². The Morgan fingerprint density at radius 1 is 1.26 bits per heavy atom. The van der Waals surface area contributed by atoms with Gasteiger partial charge in [-0.05, 0) is 50.5 Å². The minimum Gasteiger partial charge on any atom is -0.340 e. The topological polar surface area (TPSA) is 78.4 Å². The van der Waals surface area contributed by atoms with Gasteiger partial charge in [-0.3, -0.25) is 4.98 Å². The summed E-state index contributed by atoms with van der Waals surface area (Å²) in [6, 6.07) is 7.91. The number of nitrogens with zero attached hydrogens (tertiary/aromatic N) is 4. The third-order valence-electron chi connectivity index (χ3n) is 4.84. The summed E-state index contributed by atoms with van der Waals surface area (Å²) in [7, 11) is -0.261. The molecule has 1 fully saturated rings. The number of anilines is 2. The maximum atomic E-state index is 12.5. The number of aryl methyl sites for hydroxylation is 2. The first-order valence-electron chi connectivity index (χ1n) is 9.12. The van der Waals surface area contributed by atoms with Crippen LogP contribution in [0, 0.1) is 13.8 Å². The van der Waals surface area contributed by atoms with E-state index in [0.29, 0.717) is 13.1 Å². The fourth-order valence-electron chi connectivity index (χ4n) is 3.35. The maximum Gasteiger partial charge on any atom is 0.281 e. The van der Waals surface area contributed by atoms with Gasteiger partial charge >= 0.3 is 0 Å². The highest BCUT2D eigenvalue weighted by Gasteiger charge is 2.31. The maximum absolute atomic E-state index is 12.5. The van der Waals surface area contributed by atoms with E-state index >= 15 is 0 Å². The van der Waals surface area contributed by atoms with Crippen LogP contribution in [0.15, 0.2) is 30.5 Å². The van der Waals surface area contributed by atoms with Crippen LogP contribution in [-0.2, 0) is 10.2 Å². The molecule has 1 N–H and O–H groups in total. The zero-order chi connectivity index (χ0) is 19.6. The van der Waals surface area contributed by atoms with Gasteiger partial charge in [-0.15, -0.1) is 0 Å². The molecule has 1 saturated heterocycles. The lowest BCUT2D eigenvalue weighted by Crippen LogP contribution is -2.45. The van der Waals surface area contributed by atoms with Crippen molar-refractivity contribution in [1.29, 1.82) is 0 Å². The molecule has 8 heteroatoms. The Balaban J connectivity index is 1.84. The molecular formula is C19H27N5O2S.